The summed E-state index contributed by atoms with van der Waals surface area (Å²) < 4.78 is 0. The molecule has 0 saturated heterocycles. The number of hydrogen-bond acceptors (Lipinski definition) is 0. The number of hydrogen-bond donors (Lipinski definition) is 0. The Hall–Kier alpha value is 0. The summed E-state index contributed by atoms with van der Waals surface area (Å²) in [6, 6.07) is 0. The lowest BCUT2D eigenvalue weighted by atomic mass is 10.2. The van der Waals surface area contributed by atoms with Crippen LogP contribution in [-0.2, 0) is 0 Å². The minimum absolute atomic E-state index is 0.750. The van der Waals surface area contributed by atoms with E-state index in [1.165, 1.54) is 103 Å². The zero-order chi connectivity index (χ0) is 31.3. The van der Waals surface area contributed by atoms with E-state index in [1.54, 1.807) is 0 Å². The van der Waals surface area contributed by atoms with Crippen LogP contribution in [0.2, 0.25) is 0 Å². The van der Waals surface area contributed by atoms with Gasteiger partial charge in [0, 0.05) is 0 Å². The smallest absolute Gasteiger partial charge is 0.0354 e. The fourth-order valence-corrected chi connectivity index (χ4v) is 2.00. The molecule has 0 heterocycles. The molecule has 0 bridgehead atoms. The predicted octanol–water partition coefficient (Wildman–Crippen LogP) is 14.5. The first-order valence-corrected chi connectivity index (χ1v) is 17.7. The van der Waals surface area contributed by atoms with Gasteiger partial charge in [-0.25, -0.2) is 0 Å². The van der Waals surface area contributed by atoms with Crippen molar-refractivity contribution in [3.63, 3.8) is 0 Å². The molecule has 0 aromatic carbocycles. The van der Waals surface area contributed by atoms with Gasteiger partial charge in [-0.3, -0.25) is 0 Å². The average Bonchev–Trinajstić information content (AvgIpc) is 3.64. The molecule has 0 aliphatic heterocycles. The summed E-state index contributed by atoms with van der Waals surface area (Å²) in [7, 11) is 0. The summed E-state index contributed by atoms with van der Waals surface area (Å²) in [5, 5.41) is 0. The van der Waals surface area contributed by atoms with Crippen molar-refractivity contribution in [2.75, 3.05) is 0 Å². The van der Waals surface area contributed by atoms with E-state index in [-0.39, 0.29) is 0 Å². The monoisotopic (exact) mass is 561 g/mol. The summed E-state index contributed by atoms with van der Waals surface area (Å²) in [6.07, 6.45) is 23.2. The molecule has 40 heavy (non-hydrogen) atoms. The van der Waals surface area contributed by atoms with Crippen molar-refractivity contribution in [2.45, 2.75) is 214 Å². The maximum atomic E-state index is 2.30. The van der Waals surface area contributed by atoms with Crippen molar-refractivity contribution in [1.82, 2.24) is 0 Å². The quantitative estimate of drug-likeness (QED) is 0.276. The van der Waals surface area contributed by atoms with Crippen LogP contribution in [-0.4, -0.2) is 0 Å². The molecule has 0 radical (unpaired) electrons. The maximum Gasteiger partial charge on any atom is -0.0354 e. The second-order valence-corrected chi connectivity index (χ2v) is 21.3. The van der Waals surface area contributed by atoms with E-state index >= 15 is 0 Å². The van der Waals surface area contributed by atoms with Gasteiger partial charge in [0.1, 0.15) is 0 Å². The van der Waals surface area contributed by atoms with Crippen LogP contribution in [0.25, 0.3) is 0 Å². The molecule has 0 aromatic rings. The van der Waals surface area contributed by atoms with Crippen LogP contribution >= 0.6 is 0 Å². The standard InChI is InChI=1S/8C5H10/c8*1-5(2)3-4-5/h8*3-4H2,1-2H3. The first kappa shape index (κ1) is 38.0. The minimum atomic E-state index is 0.750. The van der Waals surface area contributed by atoms with Gasteiger partial charge in [0.15, 0.2) is 0 Å². The SMILES string of the molecule is CC1(C)CC1.CC1(C)CC1.CC1(C)CC1.CC1(C)CC1.CC1(C)CC1.CC1(C)CC1.CC1(C)CC1.CC1(C)CC1. The molecule has 240 valence electrons. The van der Waals surface area contributed by atoms with E-state index in [0.717, 1.165) is 43.3 Å². The van der Waals surface area contributed by atoms with Crippen LogP contribution in [0.1, 0.15) is 214 Å². The molecule has 8 rings (SSSR count). The average molecular weight is 561 g/mol. The highest BCUT2D eigenvalue weighted by molar-refractivity contribution is 4.85. The molecule has 0 heteroatoms. The van der Waals surface area contributed by atoms with Crippen molar-refractivity contribution in [2.24, 2.45) is 43.3 Å². The lowest BCUT2D eigenvalue weighted by Gasteiger charge is -1.86. The summed E-state index contributed by atoms with van der Waals surface area (Å²) in [5.74, 6) is 0. The third kappa shape index (κ3) is 32.5. The van der Waals surface area contributed by atoms with Crippen molar-refractivity contribution in [3.05, 3.63) is 0 Å². The lowest BCUT2D eigenvalue weighted by Crippen LogP contribution is -1.75. The highest BCUT2D eigenvalue weighted by Gasteiger charge is 2.33. The van der Waals surface area contributed by atoms with Gasteiger partial charge in [0.25, 0.3) is 0 Å². The van der Waals surface area contributed by atoms with Gasteiger partial charge in [-0.15, -0.1) is 0 Å². The Bertz CT molecular complexity index is 496. The first-order valence-electron chi connectivity index (χ1n) is 17.7. The third-order valence-electron chi connectivity index (χ3n) is 10.00. The first-order chi connectivity index (χ1) is 17.7. The van der Waals surface area contributed by atoms with Crippen LogP contribution in [0.15, 0.2) is 0 Å². The molecule has 8 saturated carbocycles. The van der Waals surface area contributed by atoms with Gasteiger partial charge in [-0.2, -0.15) is 0 Å². The topological polar surface area (TPSA) is 0 Å². The van der Waals surface area contributed by atoms with Gasteiger partial charge in [0.05, 0.1) is 0 Å². The second kappa shape index (κ2) is 13.7. The van der Waals surface area contributed by atoms with E-state index in [1.807, 2.05) is 0 Å². The zero-order valence-electron chi connectivity index (χ0n) is 31.3. The van der Waals surface area contributed by atoms with Gasteiger partial charge in [-0.05, 0) is 146 Å². The summed E-state index contributed by atoms with van der Waals surface area (Å²) in [4.78, 5) is 0. The van der Waals surface area contributed by atoms with Crippen LogP contribution < -0.4 is 0 Å². The van der Waals surface area contributed by atoms with E-state index < -0.39 is 0 Å². The van der Waals surface area contributed by atoms with Gasteiger partial charge >= 0.3 is 0 Å². The Morgan fingerprint density at radius 3 is 0.175 bits per heavy atom. The molecule has 0 nitrogen and oxygen atoms in total. The second-order valence-electron chi connectivity index (χ2n) is 21.3. The summed E-state index contributed by atoms with van der Waals surface area (Å²) in [6.45, 7) is 36.8. The fourth-order valence-electron chi connectivity index (χ4n) is 2.00. The Morgan fingerprint density at radius 1 is 0.150 bits per heavy atom. The van der Waals surface area contributed by atoms with E-state index in [4.69, 9.17) is 0 Å². The summed E-state index contributed by atoms with van der Waals surface area (Å²) >= 11 is 0. The zero-order valence-corrected chi connectivity index (χ0v) is 31.3. The van der Waals surface area contributed by atoms with Crippen LogP contribution in [0.5, 0.6) is 0 Å². The molecule has 0 unspecified atom stereocenters. The highest BCUT2D eigenvalue weighted by atomic mass is 14.4. The van der Waals surface area contributed by atoms with Crippen LogP contribution in [0, 0.1) is 43.3 Å². The van der Waals surface area contributed by atoms with Crippen LogP contribution in [0.4, 0.5) is 0 Å². The van der Waals surface area contributed by atoms with Crippen molar-refractivity contribution < 1.29 is 0 Å². The molecular weight excluding hydrogens is 480 g/mol. The number of rotatable bonds is 0. The Kier molecular flexibility index (Phi) is 13.1. The molecule has 0 spiro atoms. The summed E-state index contributed by atoms with van der Waals surface area (Å²) in [5.41, 5.74) is 6.00. The Morgan fingerprint density at radius 2 is 0.175 bits per heavy atom. The van der Waals surface area contributed by atoms with E-state index in [2.05, 4.69) is 111 Å². The highest BCUT2D eigenvalue weighted by Crippen LogP contribution is 2.46. The largest absolute Gasteiger partial charge is 0.0599 e. The van der Waals surface area contributed by atoms with E-state index in [9.17, 15) is 0 Å². The fraction of sp³-hybridized carbons (Fsp3) is 1.00. The molecule has 8 aliphatic rings. The third-order valence-corrected chi connectivity index (χ3v) is 10.00. The van der Waals surface area contributed by atoms with Crippen molar-refractivity contribution in [3.8, 4) is 0 Å². The molecule has 0 atom stereocenters. The van der Waals surface area contributed by atoms with Crippen LogP contribution in [0.3, 0.4) is 0 Å². The van der Waals surface area contributed by atoms with Gasteiger partial charge in [0.2, 0.25) is 0 Å². The lowest BCUT2D eigenvalue weighted by molar-refractivity contribution is 0.652. The van der Waals surface area contributed by atoms with Gasteiger partial charge < -0.3 is 0 Å². The molecule has 8 aliphatic carbocycles. The minimum Gasteiger partial charge on any atom is -0.0599 e. The maximum absolute atomic E-state index is 2.30. The Labute approximate surface area is 256 Å². The van der Waals surface area contributed by atoms with Crippen molar-refractivity contribution >= 4 is 0 Å². The Balaban J connectivity index is 0.000000229. The van der Waals surface area contributed by atoms with Gasteiger partial charge in [-0.1, -0.05) is 111 Å². The van der Waals surface area contributed by atoms with E-state index in [0.29, 0.717) is 0 Å². The molecular formula is C40H80. The molecule has 0 N–H and O–H groups in total. The molecule has 0 aromatic heterocycles. The molecule has 0 amide bonds. The predicted molar refractivity (Wildman–Crippen MR) is 184 cm³/mol. The normalized spacial score (nSPS) is 30.0. The molecule has 8 fully saturated rings. The van der Waals surface area contributed by atoms with Crippen molar-refractivity contribution in [1.29, 1.82) is 0 Å².